The Bertz CT molecular complexity index is 611. The molecule has 6 nitrogen and oxygen atoms in total. The maximum Gasteiger partial charge on any atom is 0.323 e. The zero-order valence-corrected chi connectivity index (χ0v) is 12.9. The van der Waals surface area contributed by atoms with Gasteiger partial charge in [-0.25, -0.2) is 4.79 Å². The normalized spacial score (nSPS) is 17.4. The maximum absolute atomic E-state index is 12.3. The molecule has 2 rings (SSSR count). The first-order valence-corrected chi connectivity index (χ1v) is 6.85. The Labute approximate surface area is 131 Å². The van der Waals surface area contributed by atoms with Crippen molar-refractivity contribution >= 4 is 46.7 Å². The average molecular weight is 330 g/mol. The second-order valence-electron chi connectivity index (χ2n) is 5.11. The van der Waals surface area contributed by atoms with Crippen molar-refractivity contribution in [2.75, 3.05) is 11.9 Å². The van der Waals surface area contributed by atoms with Crippen LogP contribution in [0.15, 0.2) is 18.2 Å². The molecule has 1 fully saturated rings. The van der Waals surface area contributed by atoms with Gasteiger partial charge < -0.3 is 10.2 Å². The number of benzene rings is 1. The number of urea groups is 1. The topological polar surface area (TPSA) is 78.5 Å². The molecule has 1 heterocycles. The Morgan fingerprint density at radius 3 is 2.38 bits per heavy atom. The number of hydrogen-bond acceptors (Lipinski definition) is 3. The standard InChI is InChI=1S/C13H13Cl2N3O3/c1-13(2)11(20)17-10(19)6-18(13)12(21)16-9-4-7(14)3-8(15)5-9/h3-5H,6H2,1-2H3,(H,16,21)(H,17,19,20). The highest BCUT2D eigenvalue weighted by Gasteiger charge is 2.43. The van der Waals surface area contributed by atoms with Crippen LogP contribution in [-0.2, 0) is 9.59 Å². The summed E-state index contributed by atoms with van der Waals surface area (Å²) in [7, 11) is 0. The number of carbonyl (C=O) groups excluding carboxylic acids is 3. The van der Waals surface area contributed by atoms with Crippen LogP contribution in [0.4, 0.5) is 10.5 Å². The van der Waals surface area contributed by atoms with Gasteiger partial charge in [-0.2, -0.15) is 0 Å². The lowest BCUT2D eigenvalue weighted by molar-refractivity contribution is -0.142. The van der Waals surface area contributed by atoms with E-state index in [9.17, 15) is 14.4 Å². The van der Waals surface area contributed by atoms with Gasteiger partial charge in [-0.05, 0) is 32.0 Å². The molecule has 1 aromatic carbocycles. The van der Waals surface area contributed by atoms with Crippen LogP contribution in [0.2, 0.25) is 10.0 Å². The van der Waals surface area contributed by atoms with E-state index in [1.54, 1.807) is 13.8 Å². The predicted molar refractivity (Wildman–Crippen MR) is 79.4 cm³/mol. The van der Waals surface area contributed by atoms with Gasteiger partial charge in [0.15, 0.2) is 0 Å². The molecular weight excluding hydrogens is 317 g/mol. The number of amides is 4. The summed E-state index contributed by atoms with van der Waals surface area (Å²) in [4.78, 5) is 36.7. The van der Waals surface area contributed by atoms with Crippen molar-refractivity contribution in [3.63, 3.8) is 0 Å². The minimum atomic E-state index is -1.14. The molecule has 112 valence electrons. The quantitative estimate of drug-likeness (QED) is 0.775. The first-order valence-electron chi connectivity index (χ1n) is 6.09. The second-order valence-corrected chi connectivity index (χ2v) is 5.98. The number of carbonyl (C=O) groups is 3. The fraction of sp³-hybridized carbons (Fsp3) is 0.308. The van der Waals surface area contributed by atoms with Crippen LogP contribution in [0.1, 0.15) is 13.8 Å². The summed E-state index contributed by atoms with van der Waals surface area (Å²) in [5, 5.41) is 5.50. The Morgan fingerprint density at radius 1 is 1.24 bits per heavy atom. The van der Waals surface area contributed by atoms with E-state index in [1.165, 1.54) is 18.2 Å². The molecule has 21 heavy (non-hydrogen) atoms. The first kappa shape index (κ1) is 15.6. The molecule has 1 aliphatic rings. The van der Waals surface area contributed by atoms with Crippen LogP contribution in [0.25, 0.3) is 0 Å². The van der Waals surface area contributed by atoms with Gasteiger partial charge in [0.25, 0.3) is 5.91 Å². The fourth-order valence-corrected chi connectivity index (χ4v) is 2.45. The largest absolute Gasteiger partial charge is 0.323 e. The number of rotatable bonds is 1. The summed E-state index contributed by atoms with van der Waals surface area (Å²) in [6.45, 7) is 2.90. The Morgan fingerprint density at radius 2 is 1.81 bits per heavy atom. The van der Waals surface area contributed by atoms with Crippen molar-refractivity contribution < 1.29 is 14.4 Å². The number of anilines is 1. The Balaban J connectivity index is 2.22. The third-order valence-corrected chi connectivity index (χ3v) is 3.58. The summed E-state index contributed by atoms with van der Waals surface area (Å²) in [5.74, 6) is -1.06. The van der Waals surface area contributed by atoms with E-state index in [-0.39, 0.29) is 6.54 Å². The van der Waals surface area contributed by atoms with Crippen LogP contribution >= 0.6 is 23.2 Å². The van der Waals surface area contributed by atoms with Crippen LogP contribution in [0, 0.1) is 0 Å². The van der Waals surface area contributed by atoms with Crippen molar-refractivity contribution in [2.45, 2.75) is 19.4 Å². The molecule has 0 spiro atoms. The van der Waals surface area contributed by atoms with Gasteiger partial charge >= 0.3 is 6.03 Å². The van der Waals surface area contributed by atoms with E-state index in [0.717, 1.165) is 4.90 Å². The van der Waals surface area contributed by atoms with Gasteiger partial charge in [-0.1, -0.05) is 23.2 Å². The predicted octanol–water partition coefficient (Wildman–Crippen LogP) is 2.26. The van der Waals surface area contributed by atoms with E-state index in [2.05, 4.69) is 10.6 Å². The molecule has 1 saturated heterocycles. The minimum Gasteiger partial charge on any atom is -0.308 e. The highest BCUT2D eigenvalue weighted by Crippen LogP contribution is 2.24. The number of piperazine rings is 1. The molecule has 4 amide bonds. The Hall–Kier alpha value is -1.79. The lowest BCUT2D eigenvalue weighted by atomic mass is 9.99. The molecule has 0 radical (unpaired) electrons. The fourth-order valence-electron chi connectivity index (χ4n) is 1.93. The van der Waals surface area contributed by atoms with Crippen LogP contribution in [-0.4, -0.2) is 34.8 Å². The van der Waals surface area contributed by atoms with E-state index in [0.29, 0.717) is 15.7 Å². The second kappa shape index (κ2) is 5.54. The number of hydrogen-bond donors (Lipinski definition) is 2. The van der Waals surface area contributed by atoms with Gasteiger partial charge in [-0.3, -0.25) is 14.9 Å². The average Bonchev–Trinajstić information content (AvgIpc) is 2.32. The zero-order chi connectivity index (χ0) is 15.8. The van der Waals surface area contributed by atoms with Crippen LogP contribution in [0.3, 0.4) is 0 Å². The van der Waals surface area contributed by atoms with Gasteiger partial charge in [0.1, 0.15) is 12.1 Å². The Kier molecular flexibility index (Phi) is 4.11. The minimum absolute atomic E-state index is 0.209. The lowest BCUT2D eigenvalue weighted by Gasteiger charge is -2.39. The highest BCUT2D eigenvalue weighted by atomic mass is 35.5. The summed E-state index contributed by atoms with van der Waals surface area (Å²) in [5.41, 5.74) is -0.757. The van der Waals surface area contributed by atoms with E-state index in [1.807, 2.05) is 0 Å². The molecule has 0 saturated carbocycles. The monoisotopic (exact) mass is 329 g/mol. The molecule has 1 aliphatic heterocycles. The number of nitrogens with one attached hydrogen (secondary N) is 2. The van der Waals surface area contributed by atoms with Gasteiger partial charge in [0.2, 0.25) is 5.91 Å². The van der Waals surface area contributed by atoms with Gasteiger partial charge in [-0.15, -0.1) is 0 Å². The molecule has 0 unspecified atom stereocenters. The molecule has 8 heteroatoms. The van der Waals surface area contributed by atoms with Crippen molar-refractivity contribution in [3.05, 3.63) is 28.2 Å². The molecular formula is C13H13Cl2N3O3. The van der Waals surface area contributed by atoms with Gasteiger partial charge in [0, 0.05) is 15.7 Å². The molecule has 0 atom stereocenters. The number of halogens is 2. The van der Waals surface area contributed by atoms with E-state index < -0.39 is 23.4 Å². The van der Waals surface area contributed by atoms with Crippen LogP contribution in [0.5, 0.6) is 0 Å². The third kappa shape index (κ3) is 3.28. The summed E-state index contributed by atoms with van der Waals surface area (Å²) in [6, 6.07) is 3.98. The van der Waals surface area contributed by atoms with Crippen LogP contribution < -0.4 is 10.6 Å². The summed E-state index contributed by atoms with van der Waals surface area (Å²) in [6.07, 6.45) is 0. The lowest BCUT2D eigenvalue weighted by Crippen LogP contribution is -2.66. The third-order valence-electron chi connectivity index (χ3n) is 3.14. The SMILES string of the molecule is CC1(C)C(=O)NC(=O)CN1C(=O)Nc1cc(Cl)cc(Cl)c1. The van der Waals surface area contributed by atoms with Gasteiger partial charge in [0.05, 0.1) is 0 Å². The molecule has 2 N–H and O–H groups in total. The zero-order valence-electron chi connectivity index (χ0n) is 11.4. The maximum atomic E-state index is 12.3. The first-order chi connectivity index (χ1) is 9.70. The summed E-state index contributed by atoms with van der Waals surface area (Å²) < 4.78 is 0. The van der Waals surface area contributed by atoms with Crippen molar-refractivity contribution in [3.8, 4) is 0 Å². The van der Waals surface area contributed by atoms with E-state index in [4.69, 9.17) is 23.2 Å². The summed E-state index contributed by atoms with van der Waals surface area (Å²) >= 11 is 11.7. The highest BCUT2D eigenvalue weighted by molar-refractivity contribution is 6.35. The number of imide groups is 1. The van der Waals surface area contributed by atoms with Crippen molar-refractivity contribution in [1.29, 1.82) is 0 Å². The number of nitrogens with zero attached hydrogens (tertiary/aromatic N) is 1. The van der Waals surface area contributed by atoms with Crippen molar-refractivity contribution in [1.82, 2.24) is 10.2 Å². The molecule has 0 aliphatic carbocycles. The molecule has 0 bridgehead atoms. The van der Waals surface area contributed by atoms with Crippen molar-refractivity contribution in [2.24, 2.45) is 0 Å². The van der Waals surface area contributed by atoms with E-state index >= 15 is 0 Å². The molecule has 0 aromatic heterocycles. The smallest absolute Gasteiger partial charge is 0.308 e. The molecule has 1 aromatic rings.